The number of ketones is 1. The van der Waals surface area contributed by atoms with Crippen LogP contribution in [-0.4, -0.2) is 16.0 Å². The number of hydrogen-bond donors (Lipinski definition) is 0. The highest BCUT2D eigenvalue weighted by Gasteiger charge is 2.11. The minimum atomic E-state index is -0.0120. The van der Waals surface area contributed by atoms with E-state index in [1.165, 1.54) is 0 Å². The number of Topliss-reactive ketones (excluding diaryl/α,β-unsaturated/α-hetero) is 1. The molecule has 0 atom stereocenters. The number of nitrogens with zero attached hydrogens (tertiary/aromatic N) is 2. The lowest BCUT2D eigenvalue weighted by Crippen LogP contribution is -2.10. The molecular formula is C9H12N2O. The lowest BCUT2D eigenvalue weighted by Gasteiger charge is -2.01. The first kappa shape index (κ1) is 8.84. The minimum Gasteiger partial charge on any atom is -0.292 e. The second-order valence-electron chi connectivity index (χ2n) is 3.08. The summed E-state index contributed by atoms with van der Waals surface area (Å²) in [6.45, 7) is 5.55. The molecule has 0 spiro atoms. The molecule has 0 aliphatic rings. The second kappa shape index (κ2) is 3.43. The zero-order valence-electron chi connectivity index (χ0n) is 7.53. The summed E-state index contributed by atoms with van der Waals surface area (Å²) in [6.07, 6.45) is 0. The highest BCUT2D eigenvalue weighted by molar-refractivity contribution is 5.95. The third-order valence-corrected chi connectivity index (χ3v) is 1.57. The normalized spacial score (nSPS) is 10.3. The van der Waals surface area contributed by atoms with Gasteiger partial charge in [0.05, 0.1) is 5.69 Å². The van der Waals surface area contributed by atoms with Crippen molar-refractivity contribution in [3.8, 4) is 0 Å². The molecule has 1 rings (SSSR count). The van der Waals surface area contributed by atoms with Crippen molar-refractivity contribution in [1.82, 2.24) is 10.2 Å². The van der Waals surface area contributed by atoms with Crippen molar-refractivity contribution < 1.29 is 4.79 Å². The highest BCUT2D eigenvalue weighted by Crippen LogP contribution is 2.04. The lowest BCUT2D eigenvalue weighted by molar-refractivity contribution is 0.0933. The van der Waals surface area contributed by atoms with Gasteiger partial charge in [-0.1, -0.05) is 13.8 Å². The van der Waals surface area contributed by atoms with Gasteiger partial charge in [0.15, 0.2) is 5.78 Å². The Morgan fingerprint density at radius 2 is 2.00 bits per heavy atom. The Hall–Kier alpha value is -1.25. The molecule has 64 valence electrons. The van der Waals surface area contributed by atoms with Gasteiger partial charge in [0.1, 0.15) is 5.69 Å². The van der Waals surface area contributed by atoms with Gasteiger partial charge in [-0.2, -0.15) is 5.10 Å². The summed E-state index contributed by atoms with van der Waals surface area (Å²) in [5.41, 5.74) is 1.28. The van der Waals surface area contributed by atoms with Gasteiger partial charge in [0, 0.05) is 5.92 Å². The summed E-state index contributed by atoms with van der Waals surface area (Å²) in [5, 5.41) is 7.61. The summed E-state index contributed by atoms with van der Waals surface area (Å²) >= 11 is 0. The third-order valence-electron chi connectivity index (χ3n) is 1.57. The molecule has 1 heterocycles. The van der Waals surface area contributed by atoms with Crippen LogP contribution in [0.1, 0.15) is 30.0 Å². The molecule has 0 aliphatic carbocycles. The van der Waals surface area contributed by atoms with E-state index in [-0.39, 0.29) is 11.7 Å². The quantitative estimate of drug-likeness (QED) is 0.624. The lowest BCUT2D eigenvalue weighted by atomic mass is 10.1. The first-order valence-corrected chi connectivity index (χ1v) is 3.96. The van der Waals surface area contributed by atoms with E-state index < -0.39 is 0 Å². The van der Waals surface area contributed by atoms with E-state index in [1.807, 2.05) is 20.8 Å². The minimum absolute atomic E-state index is 0.0120. The summed E-state index contributed by atoms with van der Waals surface area (Å²) in [5.74, 6) is 0.0320. The van der Waals surface area contributed by atoms with Crippen LogP contribution in [0.3, 0.4) is 0 Å². The van der Waals surface area contributed by atoms with Crippen LogP contribution in [0.4, 0.5) is 0 Å². The first-order chi connectivity index (χ1) is 5.61. The van der Waals surface area contributed by atoms with Gasteiger partial charge in [-0.3, -0.25) is 4.79 Å². The molecule has 0 unspecified atom stereocenters. The van der Waals surface area contributed by atoms with Gasteiger partial charge in [-0.15, -0.1) is 5.10 Å². The van der Waals surface area contributed by atoms with Gasteiger partial charge < -0.3 is 0 Å². The molecule has 0 saturated carbocycles. The number of hydrogen-bond acceptors (Lipinski definition) is 3. The Kier molecular flexibility index (Phi) is 2.53. The smallest absolute Gasteiger partial charge is 0.185 e. The molecule has 0 aliphatic heterocycles. The Morgan fingerprint density at radius 3 is 2.42 bits per heavy atom. The fourth-order valence-electron chi connectivity index (χ4n) is 0.826. The topological polar surface area (TPSA) is 42.9 Å². The fraction of sp³-hybridized carbons (Fsp3) is 0.444. The number of carbonyl (C=O) groups is 1. The zero-order valence-corrected chi connectivity index (χ0v) is 7.53. The van der Waals surface area contributed by atoms with Crippen molar-refractivity contribution in [3.63, 3.8) is 0 Å². The van der Waals surface area contributed by atoms with E-state index in [4.69, 9.17) is 0 Å². The predicted octanol–water partition coefficient (Wildman–Crippen LogP) is 1.62. The van der Waals surface area contributed by atoms with Crippen LogP contribution in [0, 0.1) is 12.8 Å². The molecule has 1 aromatic heterocycles. The van der Waals surface area contributed by atoms with Gasteiger partial charge in [-0.25, -0.2) is 0 Å². The number of carbonyl (C=O) groups excluding carboxylic acids is 1. The fourth-order valence-corrected chi connectivity index (χ4v) is 0.826. The summed E-state index contributed by atoms with van der Waals surface area (Å²) in [6, 6.07) is 3.51. The van der Waals surface area contributed by atoms with Gasteiger partial charge >= 0.3 is 0 Å². The monoisotopic (exact) mass is 164 g/mol. The van der Waals surface area contributed by atoms with Crippen LogP contribution in [0.25, 0.3) is 0 Å². The van der Waals surface area contributed by atoms with Crippen molar-refractivity contribution in [1.29, 1.82) is 0 Å². The van der Waals surface area contributed by atoms with E-state index in [0.717, 1.165) is 5.69 Å². The van der Waals surface area contributed by atoms with Crippen LogP contribution in [0.15, 0.2) is 12.1 Å². The van der Waals surface area contributed by atoms with Crippen LogP contribution < -0.4 is 0 Å². The molecule has 3 heteroatoms. The van der Waals surface area contributed by atoms with Crippen molar-refractivity contribution >= 4 is 5.78 Å². The molecule has 3 nitrogen and oxygen atoms in total. The molecule has 0 bridgehead atoms. The SMILES string of the molecule is Cc1ccc(C(=O)C(C)C)nn1. The standard InChI is InChI=1S/C9H12N2O/c1-6(2)9(12)8-5-4-7(3)10-11-8/h4-6H,1-3H3. The van der Waals surface area contributed by atoms with Crippen molar-refractivity contribution in [2.45, 2.75) is 20.8 Å². The van der Waals surface area contributed by atoms with Crippen LogP contribution in [0.5, 0.6) is 0 Å². The third kappa shape index (κ3) is 1.87. The molecule has 0 N–H and O–H groups in total. The summed E-state index contributed by atoms with van der Waals surface area (Å²) < 4.78 is 0. The van der Waals surface area contributed by atoms with Crippen LogP contribution in [-0.2, 0) is 0 Å². The second-order valence-corrected chi connectivity index (χ2v) is 3.08. The molecule has 1 aromatic rings. The van der Waals surface area contributed by atoms with E-state index in [1.54, 1.807) is 12.1 Å². The largest absolute Gasteiger partial charge is 0.292 e. The Balaban J connectivity index is 2.90. The molecule has 12 heavy (non-hydrogen) atoms. The van der Waals surface area contributed by atoms with E-state index in [9.17, 15) is 4.79 Å². The number of aryl methyl sites for hydroxylation is 1. The Morgan fingerprint density at radius 1 is 1.33 bits per heavy atom. The number of rotatable bonds is 2. The van der Waals surface area contributed by atoms with Crippen molar-refractivity contribution in [3.05, 3.63) is 23.5 Å². The summed E-state index contributed by atoms with van der Waals surface area (Å²) in [7, 11) is 0. The molecule has 0 amide bonds. The Labute approximate surface area is 71.8 Å². The van der Waals surface area contributed by atoms with Gasteiger partial charge in [0.25, 0.3) is 0 Å². The van der Waals surface area contributed by atoms with Gasteiger partial charge in [-0.05, 0) is 19.1 Å². The van der Waals surface area contributed by atoms with E-state index in [2.05, 4.69) is 10.2 Å². The summed E-state index contributed by atoms with van der Waals surface area (Å²) in [4.78, 5) is 11.4. The highest BCUT2D eigenvalue weighted by atomic mass is 16.1. The Bertz CT molecular complexity index is 277. The maximum Gasteiger partial charge on any atom is 0.185 e. The number of aromatic nitrogens is 2. The molecule has 0 radical (unpaired) electrons. The average Bonchev–Trinajstić information content (AvgIpc) is 2.04. The molecule has 0 fully saturated rings. The van der Waals surface area contributed by atoms with Crippen molar-refractivity contribution in [2.75, 3.05) is 0 Å². The van der Waals surface area contributed by atoms with E-state index in [0.29, 0.717) is 5.69 Å². The zero-order chi connectivity index (χ0) is 9.14. The van der Waals surface area contributed by atoms with Gasteiger partial charge in [0.2, 0.25) is 0 Å². The molecule has 0 saturated heterocycles. The molecule has 0 aromatic carbocycles. The first-order valence-electron chi connectivity index (χ1n) is 3.96. The maximum absolute atomic E-state index is 11.4. The average molecular weight is 164 g/mol. The molecular weight excluding hydrogens is 152 g/mol. The maximum atomic E-state index is 11.4. The predicted molar refractivity (Wildman–Crippen MR) is 45.9 cm³/mol. The van der Waals surface area contributed by atoms with Crippen LogP contribution >= 0.6 is 0 Å². The van der Waals surface area contributed by atoms with Crippen LogP contribution in [0.2, 0.25) is 0 Å². The van der Waals surface area contributed by atoms with Crippen molar-refractivity contribution in [2.24, 2.45) is 5.92 Å². The van der Waals surface area contributed by atoms with E-state index >= 15 is 0 Å².